The van der Waals surface area contributed by atoms with Crippen LogP contribution in [0.15, 0.2) is 57.7 Å². The van der Waals surface area contributed by atoms with Crippen LogP contribution in [0.2, 0.25) is 5.02 Å². The van der Waals surface area contributed by atoms with Crippen molar-refractivity contribution in [2.75, 3.05) is 0 Å². The highest BCUT2D eigenvalue weighted by Crippen LogP contribution is 2.18. The van der Waals surface area contributed by atoms with E-state index in [-0.39, 0.29) is 11.5 Å². The molecule has 0 saturated carbocycles. The minimum absolute atomic E-state index is 0.0196. The van der Waals surface area contributed by atoms with E-state index in [0.29, 0.717) is 21.7 Å². The number of aromatic nitrogens is 1. The van der Waals surface area contributed by atoms with Crippen LogP contribution in [0.1, 0.15) is 11.3 Å². The first-order valence-electron chi connectivity index (χ1n) is 6.20. The van der Waals surface area contributed by atoms with Gasteiger partial charge in [-0.2, -0.15) is 0 Å². The number of hydrogen-bond acceptors (Lipinski definition) is 4. The van der Waals surface area contributed by atoms with Crippen molar-refractivity contribution in [3.8, 4) is 0 Å². The molecule has 5 heteroatoms. The van der Waals surface area contributed by atoms with Gasteiger partial charge in [-0.1, -0.05) is 41.9 Å². The third kappa shape index (κ3) is 2.80. The van der Waals surface area contributed by atoms with Gasteiger partial charge < -0.3 is 9.52 Å². The maximum absolute atomic E-state index is 11.9. The van der Waals surface area contributed by atoms with E-state index in [9.17, 15) is 9.90 Å². The number of nitrogens with zero attached hydrogens (tertiary/aromatic N) is 1. The Morgan fingerprint density at radius 2 is 1.95 bits per heavy atom. The fourth-order valence-electron chi connectivity index (χ4n) is 1.90. The number of fused-ring (bicyclic) bond motifs is 1. The van der Waals surface area contributed by atoms with Crippen molar-refractivity contribution in [1.29, 1.82) is 0 Å². The number of aliphatic hydroxyl groups excluding tert-OH is 1. The van der Waals surface area contributed by atoms with Gasteiger partial charge in [0.05, 0.1) is 0 Å². The van der Waals surface area contributed by atoms with Gasteiger partial charge in [0.2, 0.25) is 0 Å². The third-order valence-corrected chi connectivity index (χ3v) is 3.15. The number of benzene rings is 2. The highest BCUT2D eigenvalue weighted by atomic mass is 35.5. The van der Waals surface area contributed by atoms with Crippen molar-refractivity contribution in [1.82, 2.24) is 4.98 Å². The lowest BCUT2D eigenvalue weighted by Gasteiger charge is -2.01. The Morgan fingerprint density at radius 1 is 1.19 bits per heavy atom. The zero-order valence-electron chi connectivity index (χ0n) is 10.8. The number of rotatable bonds is 2. The molecule has 0 spiro atoms. The summed E-state index contributed by atoms with van der Waals surface area (Å²) in [6.07, 6.45) is 1.28. The van der Waals surface area contributed by atoms with Crippen LogP contribution in [0.25, 0.3) is 22.9 Å². The standard InChI is InChI=1S/C16H10ClNO3/c17-11-6-7-15-12(8-11)18-13(16(20)21-15)9-14(19)10-4-2-1-3-5-10/h1-9,19H. The number of hydrogen-bond donors (Lipinski definition) is 1. The summed E-state index contributed by atoms with van der Waals surface area (Å²) in [7, 11) is 0. The monoisotopic (exact) mass is 299 g/mol. The molecule has 0 radical (unpaired) electrons. The average Bonchev–Trinajstić information content (AvgIpc) is 2.49. The van der Waals surface area contributed by atoms with Gasteiger partial charge in [-0.15, -0.1) is 0 Å². The fourth-order valence-corrected chi connectivity index (χ4v) is 2.07. The van der Waals surface area contributed by atoms with Crippen molar-refractivity contribution < 1.29 is 9.52 Å². The van der Waals surface area contributed by atoms with E-state index >= 15 is 0 Å². The van der Waals surface area contributed by atoms with E-state index in [1.807, 2.05) is 6.07 Å². The summed E-state index contributed by atoms with van der Waals surface area (Å²) in [6, 6.07) is 13.7. The van der Waals surface area contributed by atoms with E-state index in [2.05, 4.69) is 4.98 Å². The van der Waals surface area contributed by atoms with Crippen molar-refractivity contribution in [2.45, 2.75) is 0 Å². The van der Waals surface area contributed by atoms with E-state index in [4.69, 9.17) is 16.0 Å². The Morgan fingerprint density at radius 3 is 2.71 bits per heavy atom. The Bertz CT molecular complexity index is 885. The molecule has 0 aliphatic heterocycles. The second kappa shape index (κ2) is 5.42. The molecule has 0 unspecified atom stereocenters. The average molecular weight is 300 g/mol. The van der Waals surface area contributed by atoms with E-state index in [1.54, 1.807) is 42.5 Å². The molecule has 0 amide bonds. The van der Waals surface area contributed by atoms with E-state index in [0.717, 1.165) is 0 Å². The fraction of sp³-hybridized carbons (Fsp3) is 0. The smallest absolute Gasteiger partial charge is 0.362 e. The molecule has 0 aliphatic carbocycles. The normalized spacial score (nSPS) is 11.8. The molecule has 2 aromatic carbocycles. The molecule has 0 fully saturated rings. The van der Waals surface area contributed by atoms with Gasteiger partial charge in [0.25, 0.3) is 0 Å². The predicted octanol–water partition coefficient (Wildman–Crippen LogP) is 3.90. The zero-order chi connectivity index (χ0) is 14.8. The first-order valence-corrected chi connectivity index (χ1v) is 6.58. The first-order chi connectivity index (χ1) is 10.1. The van der Waals surface area contributed by atoms with Crippen molar-refractivity contribution >= 4 is 34.5 Å². The van der Waals surface area contributed by atoms with Gasteiger partial charge in [-0.05, 0) is 18.2 Å². The molecule has 21 heavy (non-hydrogen) atoms. The molecule has 0 saturated heterocycles. The van der Waals surface area contributed by atoms with E-state index < -0.39 is 5.63 Å². The van der Waals surface area contributed by atoms with Crippen LogP contribution in [0.3, 0.4) is 0 Å². The lowest BCUT2D eigenvalue weighted by atomic mass is 10.1. The van der Waals surface area contributed by atoms with Crippen LogP contribution in [-0.2, 0) is 0 Å². The lowest BCUT2D eigenvalue weighted by molar-refractivity contribution is 0.514. The quantitative estimate of drug-likeness (QED) is 0.729. The second-order valence-electron chi connectivity index (χ2n) is 4.39. The minimum Gasteiger partial charge on any atom is -0.507 e. The highest BCUT2D eigenvalue weighted by molar-refractivity contribution is 6.31. The van der Waals surface area contributed by atoms with Crippen LogP contribution in [0.4, 0.5) is 0 Å². The second-order valence-corrected chi connectivity index (χ2v) is 4.83. The van der Waals surface area contributed by atoms with Gasteiger partial charge >= 0.3 is 5.63 Å². The molecule has 1 heterocycles. The summed E-state index contributed by atoms with van der Waals surface area (Å²) in [6.45, 7) is 0. The SMILES string of the molecule is O=c1oc2ccc(Cl)cc2nc1C=C(O)c1ccccc1. The molecule has 3 aromatic rings. The molecule has 4 nitrogen and oxygen atoms in total. The van der Waals surface area contributed by atoms with Crippen LogP contribution in [0, 0.1) is 0 Å². The Balaban J connectivity index is 2.12. The van der Waals surface area contributed by atoms with Crippen LogP contribution >= 0.6 is 11.6 Å². The van der Waals surface area contributed by atoms with Crippen molar-refractivity contribution in [2.24, 2.45) is 0 Å². The summed E-state index contributed by atoms with van der Waals surface area (Å²) in [5.74, 6) is -0.0585. The Labute approximate surface area is 124 Å². The molecular formula is C16H10ClNO3. The first kappa shape index (κ1) is 13.4. The minimum atomic E-state index is -0.618. The predicted molar refractivity (Wildman–Crippen MR) is 82.2 cm³/mol. The summed E-state index contributed by atoms with van der Waals surface area (Å²) in [4.78, 5) is 16.0. The molecule has 104 valence electrons. The Hall–Kier alpha value is -2.59. The summed E-state index contributed by atoms with van der Waals surface area (Å²) in [5.41, 5.74) is 0.790. The van der Waals surface area contributed by atoms with Crippen LogP contribution in [0.5, 0.6) is 0 Å². The lowest BCUT2D eigenvalue weighted by Crippen LogP contribution is -2.06. The maximum Gasteiger partial charge on any atom is 0.362 e. The van der Waals surface area contributed by atoms with Gasteiger partial charge in [0.1, 0.15) is 11.3 Å². The molecule has 0 bridgehead atoms. The zero-order valence-corrected chi connectivity index (χ0v) is 11.5. The van der Waals surface area contributed by atoms with Gasteiger partial charge in [0.15, 0.2) is 11.3 Å². The highest BCUT2D eigenvalue weighted by Gasteiger charge is 2.07. The number of aliphatic hydroxyl groups is 1. The molecule has 0 atom stereocenters. The summed E-state index contributed by atoms with van der Waals surface area (Å²) >= 11 is 5.89. The Kier molecular flexibility index (Phi) is 3.46. The van der Waals surface area contributed by atoms with E-state index in [1.165, 1.54) is 6.08 Å². The topological polar surface area (TPSA) is 63.3 Å². The molecule has 0 aliphatic rings. The van der Waals surface area contributed by atoms with Crippen LogP contribution in [-0.4, -0.2) is 10.1 Å². The van der Waals surface area contributed by atoms with Gasteiger partial charge in [0, 0.05) is 16.7 Å². The van der Waals surface area contributed by atoms with Gasteiger partial charge in [-0.3, -0.25) is 0 Å². The van der Waals surface area contributed by atoms with Crippen LogP contribution < -0.4 is 5.63 Å². The molecule has 1 N–H and O–H groups in total. The molecule has 1 aromatic heterocycles. The molecule has 3 rings (SSSR count). The maximum atomic E-state index is 11.9. The van der Waals surface area contributed by atoms with Crippen molar-refractivity contribution in [3.63, 3.8) is 0 Å². The number of halogens is 1. The summed E-state index contributed by atoms with van der Waals surface area (Å²) in [5, 5.41) is 10.5. The van der Waals surface area contributed by atoms with Crippen molar-refractivity contribution in [3.05, 3.63) is 75.2 Å². The largest absolute Gasteiger partial charge is 0.507 e. The summed E-state index contributed by atoms with van der Waals surface area (Å²) < 4.78 is 5.15. The van der Waals surface area contributed by atoms with Gasteiger partial charge in [-0.25, -0.2) is 9.78 Å². The third-order valence-electron chi connectivity index (χ3n) is 2.92. The molecular weight excluding hydrogens is 290 g/mol.